The van der Waals surface area contributed by atoms with Crippen LogP contribution in [-0.2, 0) is 4.79 Å². The van der Waals surface area contributed by atoms with Crippen molar-refractivity contribution in [2.75, 3.05) is 4.90 Å². The first kappa shape index (κ1) is 16.3. The molecule has 2 aromatic carbocycles. The minimum Gasteiger partial charge on any atom is -0.508 e. The fourth-order valence-corrected chi connectivity index (χ4v) is 3.67. The minimum absolute atomic E-state index is 0.138. The monoisotopic (exact) mass is 381 g/mol. The number of thioether (sulfide) groups is 1. The minimum atomic E-state index is -0.235. The van der Waals surface area contributed by atoms with Crippen LogP contribution in [0, 0.1) is 0 Å². The van der Waals surface area contributed by atoms with Crippen LogP contribution in [0.2, 0.25) is 10.0 Å². The second kappa shape index (κ2) is 6.53. The van der Waals surface area contributed by atoms with Gasteiger partial charge in [0.15, 0.2) is 4.32 Å². The number of aromatic hydroxyl groups is 1. The van der Waals surface area contributed by atoms with Crippen molar-refractivity contribution in [3.8, 4) is 5.75 Å². The largest absolute Gasteiger partial charge is 0.508 e. The Morgan fingerprint density at radius 2 is 1.91 bits per heavy atom. The average molecular weight is 382 g/mol. The van der Waals surface area contributed by atoms with Gasteiger partial charge in [-0.2, -0.15) is 0 Å². The SMILES string of the molecule is O=C1C(=Cc2cccc(O)c2)SC(=S)N1c1ccc(Cl)c(Cl)c1. The zero-order valence-corrected chi connectivity index (χ0v) is 14.6. The molecule has 2 aromatic rings. The molecular formula is C16H9Cl2NO2S2. The van der Waals surface area contributed by atoms with E-state index in [0.717, 1.165) is 5.56 Å². The Morgan fingerprint density at radius 1 is 1.13 bits per heavy atom. The van der Waals surface area contributed by atoms with Gasteiger partial charge in [0.05, 0.1) is 20.6 Å². The lowest BCUT2D eigenvalue weighted by molar-refractivity contribution is -0.113. The van der Waals surface area contributed by atoms with E-state index in [9.17, 15) is 9.90 Å². The van der Waals surface area contributed by atoms with E-state index < -0.39 is 0 Å². The highest BCUT2D eigenvalue weighted by Gasteiger charge is 2.33. The van der Waals surface area contributed by atoms with Gasteiger partial charge < -0.3 is 5.11 Å². The first-order valence-electron chi connectivity index (χ1n) is 6.48. The molecule has 0 aliphatic carbocycles. The average Bonchev–Trinajstić information content (AvgIpc) is 2.77. The van der Waals surface area contributed by atoms with Crippen molar-refractivity contribution >= 4 is 69.2 Å². The van der Waals surface area contributed by atoms with E-state index in [-0.39, 0.29) is 11.7 Å². The summed E-state index contributed by atoms with van der Waals surface area (Å²) in [5.41, 5.74) is 1.29. The lowest BCUT2D eigenvalue weighted by Crippen LogP contribution is -2.27. The molecule has 1 aliphatic heterocycles. The van der Waals surface area contributed by atoms with E-state index in [0.29, 0.717) is 25.0 Å². The van der Waals surface area contributed by atoms with E-state index in [1.54, 1.807) is 48.5 Å². The van der Waals surface area contributed by atoms with E-state index in [4.69, 9.17) is 35.4 Å². The van der Waals surface area contributed by atoms with E-state index in [1.165, 1.54) is 16.7 Å². The molecule has 0 spiro atoms. The number of carbonyl (C=O) groups excluding carboxylic acids is 1. The Balaban J connectivity index is 1.95. The highest BCUT2D eigenvalue weighted by atomic mass is 35.5. The number of phenols is 1. The van der Waals surface area contributed by atoms with E-state index in [2.05, 4.69) is 0 Å². The summed E-state index contributed by atoms with van der Waals surface area (Å²) >= 11 is 18.4. The molecular weight excluding hydrogens is 373 g/mol. The van der Waals surface area contributed by atoms with Gasteiger partial charge in [0.25, 0.3) is 5.91 Å². The molecule has 3 nitrogen and oxygen atoms in total. The lowest BCUT2D eigenvalue weighted by atomic mass is 10.2. The van der Waals surface area contributed by atoms with Gasteiger partial charge >= 0.3 is 0 Å². The predicted octanol–water partition coefficient (Wildman–Crippen LogP) is 5.10. The predicted molar refractivity (Wildman–Crippen MR) is 100 cm³/mol. The van der Waals surface area contributed by atoms with Gasteiger partial charge in [-0.1, -0.05) is 59.3 Å². The van der Waals surface area contributed by atoms with Crippen LogP contribution < -0.4 is 4.90 Å². The molecule has 1 heterocycles. The molecule has 0 bridgehead atoms. The van der Waals surface area contributed by atoms with Crippen molar-refractivity contribution in [3.63, 3.8) is 0 Å². The van der Waals surface area contributed by atoms with Crippen molar-refractivity contribution < 1.29 is 9.90 Å². The summed E-state index contributed by atoms with van der Waals surface area (Å²) < 4.78 is 0.416. The molecule has 1 aliphatic rings. The van der Waals surface area contributed by atoms with Gasteiger partial charge in [0.2, 0.25) is 0 Å². The molecule has 1 fully saturated rings. The van der Waals surface area contributed by atoms with Crippen LogP contribution in [0.4, 0.5) is 5.69 Å². The molecule has 0 radical (unpaired) electrons. The molecule has 3 rings (SSSR count). The topological polar surface area (TPSA) is 40.5 Å². The molecule has 116 valence electrons. The molecule has 1 amide bonds. The Morgan fingerprint density at radius 3 is 2.61 bits per heavy atom. The zero-order chi connectivity index (χ0) is 16.6. The maximum absolute atomic E-state index is 12.6. The highest BCUT2D eigenvalue weighted by Crippen LogP contribution is 2.38. The first-order valence-corrected chi connectivity index (χ1v) is 8.46. The summed E-state index contributed by atoms with van der Waals surface area (Å²) in [4.78, 5) is 14.5. The van der Waals surface area contributed by atoms with Crippen LogP contribution in [0.5, 0.6) is 5.75 Å². The van der Waals surface area contributed by atoms with E-state index in [1.807, 2.05) is 0 Å². The number of amides is 1. The second-order valence-corrected chi connectivity index (χ2v) is 7.20. The number of carbonyl (C=O) groups is 1. The summed E-state index contributed by atoms with van der Waals surface area (Å²) in [6.45, 7) is 0. The molecule has 0 unspecified atom stereocenters. The van der Waals surface area contributed by atoms with Crippen LogP contribution in [0.3, 0.4) is 0 Å². The summed E-state index contributed by atoms with van der Waals surface area (Å²) in [5.74, 6) is -0.0968. The smallest absolute Gasteiger partial charge is 0.270 e. The Bertz CT molecular complexity index is 852. The number of hydrogen-bond donors (Lipinski definition) is 1. The summed E-state index contributed by atoms with van der Waals surface area (Å²) in [6.07, 6.45) is 1.69. The van der Waals surface area contributed by atoms with Gasteiger partial charge in [0.1, 0.15) is 5.75 Å². The maximum atomic E-state index is 12.6. The molecule has 23 heavy (non-hydrogen) atoms. The number of anilines is 1. The van der Waals surface area contributed by atoms with Gasteiger partial charge in [-0.25, -0.2) is 0 Å². The molecule has 7 heteroatoms. The summed E-state index contributed by atoms with van der Waals surface area (Å²) in [6, 6.07) is 11.6. The van der Waals surface area contributed by atoms with Gasteiger partial charge in [0, 0.05) is 0 Å². The van der Waals surface area contributed by atoms with Crippen molar-refractivity contribution in [1.29, 1.82) is 0 Å². The Labute approximate surface area is 152 Å². The fraction of sp³-hybridized carbons (Fsp3) is 0. The molecule has 1 saturated heterocycles. The normalized spacial score (nSPS) is 16.4. The third kappa shape index (κ3) is 3.38. The van der Waals surface area contributed by atoms with Crippen molar-refractivity contribution in [3.05, 3.63) is 63.0 Å². The third-order valence-electron chi connectivity index (χ3n) is 3.12. The first-order chi connectivity index (χ1) is 11.0. The summed E-state index contributed by atoms with van der Waals surface area (Å²) in [5, 5.41) is 10.3. The van der Waals surface area contributed by atoms with Gasteiger partial charge in [-0.15, -0.1) is 0 Å². The Kier molecular flexibility index (Phi) is 4.64. The van der Waals surface area contributed by atoms with E-state index >= 15 is 0 Å². The molecule has 0 atom stereocenters. The molecule has 1 N–H and O–H groups in total. The number of hydrogen-bond acceptors (Lipinski definition) is 4. The fourth-order valence-electron chi connectivity index (χ4n) is 2.08. The number of thiocarbonyl (C=S) groups is 1. The third-order valence-corrected chi connectivity index (χ3v) is 5.16. The number of nitrogens with zero attached hydrogens (tertiary/aromatic N) is 1. The standard InChI is InChI=1S/C16H9Cl2NO2S2/c17-12-5-4-10(8-13(12)18)19-15(21)14(23-16(19)22)7-9-2-1-3-11(20)6-9/h1-8,20H. The zero-order valence-electron chi connectivity index (χ0n) is 11.5. The second-order valence-electron chi connectivity index (χ2n) is 4.71. The number of phenolic OH excluding ortho intramolecular Hbond substituents is 1. The van der Waals surface area contributed by atoms with Gasteiger partial charge in [-0.05, 0) is 42.0 Å². The van der Waals surface area contributed by atoms with Crippen LogP contribution in [0.15, 0.2) is 47.4 Å². The number of halogens is 2. The van der Waals surface area contributed by atoms with Crippen LogP contribution >= 0.6 is 47.2 Å². The van der Waals surface area contributed by atoms with Gasteiger partial charge in [-0.3, -0.25) is 9.69 Å². The van der Waals surface area contributed by atoms with Crippen molar-refractivity contribution in [2.45, 2.75) is 0 Å². The number of rotatable bonds is 2. The Hall–Kier alpha value is -1.53. The van der Waals surface area contributed by atoms with Crippen molar-refractivity contribution in [2.24, 2.45) is 0 Å². The lowest BCUT2D eigenvalue weighted by Gasteiger charge is -2.15. The summed E-state index contributed by atoms with van der Waals surface area (Å²) in [7, 11) is 0. The maximum Gasteiger partial charge on any atom is 0.270 e. The quantitative estimate of drug-likeness (QED) is 0.579. The van der Waals surface area contributed by atoms with Crippen LogP contribution in [0.25, 0.3) is 6.08 Å². The molecule has 0 saturated carbocycles. The number of benzene rings is 2. The van der Waals surface area contributed by atoms with Crippen LogP contribution in [0.1, 0.15) is 5.56 Å². The highest BCUT2D eigenvalue weighted by molar-refractivity contribution is 8.27. The van der Waals surface area contributed by atoms with Crippen molar-refractivity contribution in [1.82, 2.24) is 0 Å². The van der Waals surface area contributed by atoms with Crippen LogP contribution in [-0.4, -0.2) is 15.3 Å². The molecule has 0 aromatic heterocycles.